The summed E-state index contributed by atoms with van der Waals surface area (Å²) in [6, 6.07) is 5.87. The van der Waals surface area contributed by atoms with Crippen LogP contribution in [0.3, 0.4) is 0 Å². The Bertz CT molecular complexity index is 1060. The van der Waals surface area contributed by atoms with Gasteiger partial charge in [-0.25, -0.2) is 0 Å². The molecule has 8 nitrogen and oxygen atoms in total. The third kappa shape index (κ3) is 5.51. The summed E-state index contributed by atoms with van der Waals surface area (Å²) >= 11 is -2.74. The summed E-state index contributed by atoms with van der Waals surface area (Å²) < 4.78 is 13.3. The predicted molar refractivity (Wildman–Crippen MR) is 140 cm³/mol. The molecule has 0 aromatic heterocycles. The van der Waals surface area contributed by atoms with Gasteiger partial charge in [-0.05, 0) is 0 Å². The molecule has 1 saturated heterocycles. The molecule has 3 atom stereocenters. The van der Waals surface area contributed by atoms with Crippen LogP contribution in [-0.2, 0) is 25.4 Å². The molecule has 3 rings (SSSR count). The minimum atomic E-state index is -2.74. The van der Waals surface area contributed by atoms with Gasteiger partial charge < -0.3 is 0 Å². The molecule has 2 heterocycles. The quantitative estimate of drug-likeness (QED) is 0.129. The molecule has 1 aromatic rings. The Morgan fingerprint density at radius 1 is 1.23 bits per heavy atom. The summed E-state index contributed by atoms with van der Waals surface area (Å²) in [6.07, 6.45) is 0.500. The molecule has 1 aromatic carbocycles. The summed E-state index contributed by atoms with van der Waals surface area (Å²) in [5.41, 5.74) is 1.07. The fraction of sp³-hybridized carbons (Fsp3) is 0.600. The van der Waals surface area contributed by atoms with Crippen LogP contribution in [0.15, 0.2) is 33.6 Å². The first kappa shape index (κ1) is 27.9. The Hall–Kier alpha value is -1.72. The fourth-order valence-electron chi connectivity index (χ4n) is 4.56. The van der Waals surface area contributed by atoms with Gasteiger partial charge in [0.25, 0.3) is 0 Å². The second kappa shape index (κ2) is 9.62. The molecule has 0 radical (unpaired) electrons. The molecular weight excluding hydrogens is 571 g/mol. The van der Waals surface area contributed by atoms with Gasteiger partial charge in [-0.2, -0.15) is 0 Å². The van der Waals surface area contributed by atoms with Crippen molar-refractivity contribution in [1.29, 1.82) is 0 Å². The van der Waals surface area contributed by atoms with E-state index in [0.717, 1.165) is 3.59 Å². The van der Waals surface area contributed by atoms with Gasteiger partial charge >= 0.3 is 214 Å². The van der Waals surface area contributed by atoms with Gasteiger partial charge in [-0.15, -0.1) is 0 Å². The van der Waals surface area contributed by atoms with Crippen LogP contribution in [0.2, 0.25) is 33.0 Å². The SMILES string of the molecule is C[C@@H](O[Si](C)(C)C(C)(C)C)[C@H]1C(=O)N2C(C(=O)OCc3ccc([N+](=O)[O-])cc3)=[C]([Sn]([CH3])([CH3])[CH3])C[C@H]12. The first-order valence-electron chi connectivity index (χ1n) is 12.1. The minimum absolute atomic E-state index is 0.00567. The van der Waals surface area contributed by atoms with E-state index in [0.29, 0.717) is 17.7 Å². The number of amides is 1. The predicted octanol–water partition coefficient (Wildman–Crippen LogP) is 5.41. The normalized spacial score (nSPS) is 21.5. The van der Waals surface area contributed by atoms with Crippen molar-refractivity contribution in [1.82, 2.24) is 4.90 Å². The molecule has 0 saturated carbocycles. The Morgan fingerprint density at radius 3 is 2.29 bits per heavy atom. The maximum absolute atomic E-state index is 13.4. The molecule has 1 amide bonds. The van der Waals surface area contributed by atoms with Crippen LogP contribution in [0, 0.1) is 16.0 Å². The summed E-state index contributed by atoms with van der Waals surface area (Å²) in [6.45, 7) is 12.9. The zero-order valence-corrected chi connectivity index (χ0v) is 26.2. The van der Waals surface area contributed by atoms with Crippen molar-refractivity contribution >= 4 is 44.3 Å². The van der Waals surface area contributed by atoms with E-state index in [4.69, 9.17) is 9.16 Å². The van der Waals surface area contributed by atoms with Crippen LogP contribution in [0.25, 0.3) is 0 Å². The number of rotatable bonds is 8. The number of non-ortho nitro benzene ring substituents is 1. The molecule has 2 aliphatic rings. The third-order valence-electron chi connectivity index (χ3n) is 7.62. The monoisotopic (exact) mass is 610 g/mol. The van der Waals surface area contributed by atoms with Crippen molar-refractivity contribution in [2.75, 3.05) is 0 Å². The standard InChI is InChI=1S/C22H29N2O6Si.3CH3.Sn/c1-14(30-31(5,6)22(2,3)4)19-17-11-12-18(23(17)20(19)25)21(26)29-13-15-7-9-16(10-8-15)24(27)28;;;;/h7-10,14,17,19H,11,13H2,1-6H3;3*1H3;/t14-,17-,19-;;;;/m1..../s1. The van der Waals surface area contributed by atoms with Gasteiger partial charge in [0.15, 0.2) is 0 Å². The Kier molecular flexibility index (Phi) is 7.66. The zero-order chi connectivity index (χ0) is 26.5. The van der Waals surface area contributed by atoms with E-state index in [1.54, 1.807) is 17.0 Å². The molecular formula is C25H38N2O6SiSn. The van der Waals surface area contributed by atoms with E-state index in [1.165, 1.54) is 12.1 Å². The number of fused-ring (bicyclic) bond motifs is 1. The third-order valence-corrected chi connectivity index (χ3v) is 18.6. The van der Waals surface area contributed by atoms with Crippen LogP contribution in [0.5, 0.6) is 0 Å². The molecule has 2 aliphatic heterocycles. The van der Waals surface area contributed by atoms with E-state index in [2.05, 4.69) is 48.7 Å². The number of benzene rings is 1. The second-order valence-electron chi connectivity index (χ2n) is 12.2. The number of carbonyl (C=O) groups is 2. The average molecular weight is 609 g/mol. The number of carbonyl (C=O) groups excluding carboxylic acids is 2. The van der Waals surface area contributed by atoms with Crippen molar-refractivity contribution in [3.05, 3.63) is 49.2 Å². The summed E-state index contributed by atoms with van der Waals surface area (Å²) in [5, 5.41) is 10.9. The van der Waals surface area contributed by atoms with Crippen LogP contribution < -0.4 is 0 Å². The van der Waals surface area contributed by atoms with Crippen LogP contribution in [0.1, 0.15) is 39.7 Å². The summed E-state index contributed by atoms with van der Waals surface area (Å²) in [7, 11) is -2.05. The van der Waals surface area contributed by atoms with E-state index in [9.17, 15) is 19.7 Å². The van der Waals surface area contributed by atoms with Crippen LogP contribution >= 0.6 is 0 Å². The number of esters is 1. The van der Waals surface area contributed by atoms with Crippen molar-refractivity contribution < 1.29 is 23.7 Å². The summed E-state index contributed by atoms with van der Waals surface area (Å²) in [5.74, 6) is -0.806. The van der Waals surface area contributed by atoms with Crippen LogP contribution in [-0.4, -0.2) is 60.5 Å². The molecule has 0 bridgehead atoms. The van der Waals surface area contributed by atoms with E-state index in [1.807, 2.05) is 6.92 Å². The van der Waals surface area contributed by atoms with Crippen molar-refractivity contribution in [3.63, 3.8) is 0 Å². The summed E-state index contributed by atoms with van der Waals surface area (Å²) in [4.78, 5) is 45.4. The molecule has 192 valence electrons. The van der Waals surface area contributed by atoms with Gasteiger partial charge in [0, 0.05) is 0 Å². The topological polar surface area (TPSA) is 99.0 Å². The van der Waals surface area contributed by atoms with Crippen molar-refractivity contribution in [2.45, 2.75) is 85.8 Å². The number of hydrogen-bond acceptors (Lipinski definition) is 6. The van der Waals surface area contributed by atoms with E-state index >= 15 is 0 Å². The number of hydrogen-bond donors (Lipinski definition) is 0. The molecule has 0 aliphatic carbocycles. The van der Waals surface area contributed by atoms with Gasteiger partial charge in [0.1, 0.15) is 0 Å². The molecule has 35 heavy (non-hydrogen) atoms. The number of nitrogens with zero attached hydrogens (tertiary/aromatic N) is 2. The van der Waals surface area contributed by atoms with E-state index < -0.39 is 37.6 Å². The van der Waals surface area contributed by atoms with Gasteiger partial charge in [-0.1, -0.05) is 0 Å². The van der Waals surface area contributed by atoms with E-state index in [-0.39, 0.29) is 41.3 Å². The van der Waals surface area contributed by atoms with Gasteiger partial charge in [0.2, 0.25) is 0 Å². The Morgan fingerprint density at radius 2 is 1.80 bits per heavy atom. The number of nitro benzene ring substituents is 1. The molecule has 1 fully saturated rings. The second-order valence-corrected chi connectivity index (χ2v) is 31.5. The molecule has 10 heteroatoms. The number of β-lactam (4-membered cyclic amide) rings is 1. The van der Waals surface area contributed by atoms with Crippen LogP contribution in [0.4, 0.5) is 5.69 Å². The first-order chi connectivity index (χ1) is 16.0. The Balaban J connectivity index is 1.77. The molecule has 0 unspecified atom stereocenters. The first-order valence-corrected chi connectivity index (χ1v) is 25.0. The van der Waals surface area contributed by atoms with Crippen molar-refractivity contribution in [2.24, 2.45) is 5.92 Å². The number of nitro groups is 1. The molecule has 0 N–H and O–H groups in total. The Labute approximate surface area is 213 Å². The van der Waals surface area contributed by atoms with Gasteiger partial charge in [0.05, 0.1) is 0 Å². The molecule has 0 spiro atoms. The van der Waals surface area contributed by atoms with Crippen molar-refractivity contribution in [3.8, 4) is 0 Å². The van der Waals surface area contributed by atoms with Gasteiger partial charge in [-0.3, -0.25) is 0 Å². The maximum atomic E-state index is 13.4. The zero-order valence-electron chi connectivity index (χ0n) is 22.3. The average Bonchev–Trinajstić information content (AvgIpc) is 3.06. The fourth-order valence-corrected chi connectivity index (χ4v) is 11.0. The number of ether oxygens (including phenoxy) is 1.